The number of rotatable bonds is 6. The lowest BCUT2D eigenvalue weighted by Gasteiger charge is -2.21. The lowest BCUT2D eigenvalue weighted by atomic mass is 9.95. The van der Waals surface area contributed by atoms with E-state index in [1.165, 1.54) is 7.11 Å². The van der Waals surface area contributed by atoms with Crippen molar-refractivity contribution in [2.24, 2.45) is 0 Å². The van der Waals surface area contributed by atoms with Crippen LogP contribution >= 0.6 is 0 Å². The molecular formula is C21H25N3O4. The molecule has 2 aromatic rings. The summed E-state index contributed by atoms with van der Waals surface area (Å²) in [5.41, 5.74) is 1.14. The summed E-state index contributed by atoms with van der Waals surface area (Å²) in [5, 5.41) is 3.62. The molecule has 0 radical (unpaired) electrons. The van der Waals surface area contributed by atoms with Crippen LogP contribution in [0.1, 0.15) is 54.7 Å². The predicted octanol–water partition coefficient (Wildman–Crippen LogP) is 3.33. The molecule has 1 saturated heterocycles. The summed E-state index contributed by atoms with van der Waals surface area (Å²) >= 11 is 0. The van der Waals surface area contributed by atoms with E-state index < -0.39 is 17.5 Å². The summed E-state index contributed by atoms with van der Waals surface area (Å²) in [4.78, 5) is 43.6. The van der Waals surface area contributed by atoms with Crippen LogP contribution in [0.3, 0.4) is 0 Å². The highest BCUT2D eigenvalue weighted by Crippen LogP contribution is 2.28. The predicted molar refractivity (Wildman–Crippen MR) is 105 cm³/mol. The van der Waals surface area contributed by atoms with E-state index >= 15 is 0 Å². The number of aryl methyl sites for hydroxylation is 1. The molecule has 0 bridgehead atoms. The van der Waals surface area contributed by atoms with Gasteiger partial charge in [0.15, 0.2) is 0 Å². The first-order valence-corrected chi connectivity index (χ1v) is 9.43. The van der Waals surface area contributed by atoms with Gasteiger partial charge in [-0.05, 0) is 31.9 Å². The molecule has 1 aliphatic heterocycles. The molecule has 0 unspecified atom stereocenters. The number of amides is 3. The van der Waals surface area contributed by atoms with Gasteiger partial charge in [-0.25, -0.2) is 14.6 Å². The molecule has 7 nitrogen and oxygen atoms in total. The fourth-order valence-corrected chi connectivity index (χ4v) is 3.67. The number of hydrogen-bond donors (Lipinski definition) is 1. The summed E-state index contributed by atoms with van der Waals surface area (Å²) in [5.74, 6) is -0.832. The van der Waals surface area contributed by atoms with Crippen LogP contribution in [0.2, 0.25) is 0 Å². The SMILES string of the molecule is CCCC[C@@]1(C)NC(=O)N(Cc2nc3ccccc3c(C)c2C(=O)OC)C1=O. The van der Waals surface area contributed by atoms with E-state index in [0.29, 0.717) is 28.8 Å². The van der Waals surface area contributed by atoms with Crippen molar-refractivity contribution in [1.29, 1.82) is 0 Å². The molecule has 3 amide bonds. The Labute approximate surface area is 164 Å². The lowest BCUT2D eigenvalue weighted by Crippen LogP contribution is -2.43. The molecule has 0 aliphatic carbocycles. The number of carbonyl (C=O) groups excluding carboxylic acids is 3. The lowest BCUT2D eigenvalue weighted by molar-refractivity contribution is -0.131. The molecular weight excluding hydrogens is 358 g/mol. The van der Waals surface area contributed by atoms with Crippen molar-refractivity contribution in [1.82, 2.24) is 15.2 Å². The van der Waals surface area contributed by atoms with E-state index in [1.807, 2.05) is 38.1 Å². The van der Waals surface area contributed by atoms with E-state index in [-0.39, 0.29) is 12.5 Å². The van der Waals surface area contributed by atoms with Crippen LogP contribution in [-0.4, -0.2) is 40.4 Å². The zero-order valence-corrected chi connectivity index (χ0v) is 16.7. The highest BCUT2D eigenvalue weighted by atomic mass is 16.5. The van der Waals surface area contributed by atoms with Gasteiger partial charge in [0.1, 0.15) is 5.54 Å². The van der Waals surface area contributed by atoms with Gasteiger partial charge < -0.3 is 10.1 Å². The topological polar surface area (TPSA) is 88.6 Å². The van der Waals surface area contributed by atoms with E-state index in [2.05, 4.69) is 10.3 Å². The highest BCUT2D eigenvalue weighted by Gasteiger charge is 2.47. The normalized spacial score (nSPS) is 19.2. The molecule has 1 aliphatic rings. The smallest absolute Gasteiger partial charge is 0.340 e. The van der Waals surface area contributed by atoms with Gasteiger partial charge in [-0.1, -0.05) is 38.0 Å². The van der Waals surface area contributed by atoms with Crippen LogP contribution in [0, 0.1) is 6.92 Å². The number of pyridine rings is 1. The van der Waals surface area contributed by atoms with Crippen molar-refractivity contribution in [2.45, 2.75) is 52.1 Å². The molecule has 7 heteroatoms. The van der Waals surface area contributed by atoms with Gasteiger partial charge in [-0.3, -0.25) is 9.69 Å². The van der Waals surface area contributed by atoms with E-state index in [9.17, 15) is 14.4 Å². The number of hydrogen-bond acceptors (Lipinski definition) is 5. The van der Waals surface area contributed by atoms with Gasteiger partial charge in [-0.2, -0.15) is 0 Å². The van der Waals surface area contributed by atoms with Crippen molar-refractivity contribution in [3.63, 3.8) is 0 Å². The average molecular weight is 383 g/mol. The van der Waals surface area contributed by atoms with Crippen molar-refractivity contribution in [3.05, 3.63) is 41.1 Å². The number of para-hydroxylation sites is 1. The van der Waals surface area contributed by atoms with Gasteiger partial charge in [0.2, 0.25) is 0 Å². The van der Waals surface area contributed by atoms with Gasteiger partial charge in [0, 0.05) is 5.39 Å². The monoisotopic (exact) mass is 383 g/mol. The van der Waals surface area contributed by atoms with Gasteiger partial charge in [-0.15, -0.1) is 0 Å². The van der Waals surface area contributed by atoms with Crippen LogP contribution in [0.5, 0.6) is 0 Å². The first-order valence-electron chi connectivity index (χ1n) is 9.43. The first kappa shape index (κ1) is 19.8. The maximum atomic E-state index is 12.9. The second-order valence-corrected chi connectivity index (χ2v) is 7.32. The second kappa shape index (κ2) is 7.58. The Kier molecular flexibility index (Phi) is 5.36. The highest BCUT2D eigenvalue weighted by molar-refractivity contribution is 6.07. The minimum atomic E-state index is -0.926. The van der Waals surface area contributed by atoms with Crippen LogP contribution in [0.15, 0.2) is 24.3 Å². The van der Waals surface area contributed by atoms with E-state index in [4.69, 9.17) is 4.74 Å². The fraction of sp³-hybridized carbons (Fsp3) is 0.429. The Morgan fingerprint density at radius 2 is 2.00 bits per heavy atom. The van der Waals surface area contributed by atoms with Crippen LogP contribution in [0.4, 0.5) is 4.79 Å². The molecule has 0 saturated carbocycles. The summed E-state index contributed by atoms with van der Waals surface area (Å²) < 4.78 is 4.94. The number of fused-ring (bicyclic) bond motifs is 1. The number of imide groups is 1. The van der Waals surface area contributed by atoms with Crippen molar-refractivity contribution < 1.29 is 19.1 Å². The second-order valence-electron chi connectivity index (χ2n) is 7.32. The van der Waals surface area contributed by atoms with E-state index in [0.717, 1.165) is 23.1 Å². The van der Waals surface area contributed by atoms with Crippen LogP contribution in [0.25, 0.3) is 10.9 Å². The number of nitrogens with zero attached hydrogens (tertiary/aromatic N) is 2. The molecule has 28 heavy (non-hydrogen) atoms. The number of methoxy groups -OCH3 is 1. The minimum absolute atomic E-state index is 0.0809. The summed E-state index contributed by atoms with van der Waals surface area (Å²) in [6, 6.07) is 6.97. The Morgan fingerprint density at radius 3 is 2.68 bits per heavy atom. The van der Waals surface area contributed by atoms with Crippen molar-refractivity contribution >= 4 is 28.8 Å². The molecule has 1 aromatic heterocycles. The van der Waals surface area contributed by atoms with Crippen LogP contribution in [-0.2, 0) is 16.1 Å². The third-order valence-electron chi connectivity index (χ3n) is 5.30. The minimum Gasteiger partial charge on any atom is -0.465 e. The van der Waals surface area contributed by atoms with Crippen molar-refractivity contribution in [3.8, 4) is 0 Å². The molecule has 1 atom stereocenters. The number of aromatic nitrogens is 1. The molecule has 2 heterocycles. The maximum absolute atomic E-state index is 12.9. The standard InChI is InChI=1S/C21H25N3O4/c1-5-6-11-21(3)19(26)24(20(27)23-21)12-16-17(18(25)28-4)13(2)14-9-7-8-10-15(14)22-16/h7-10H,5-6,11-12H2,1-4H3,(H,23,27)/t21-/m1/s1. The van der Waals surface area contributed by atoms with E-state index in [1.54, 1.807) is 6.92 Å². The first-order chi connectivity index (χ1) is 13.3. The number of unbranched alkanes of at least 4 members (excludes halogenated alkanes) is 1. The molecule has 1 fully saturated rings. The summed E-state index contributed by atoms with van der Waals surface area (Å²) in [6.45, 7) is 5.51. The maximum Gasteiger partial charge on any atom is 0.340 e. The Hall–Kier alpha value is -2.96. The molecule has 148 valence electrons. The van der Waals surface area contributed by atoms with Crippen LogP contribution < -0.4 is 5.32 Å². The van der Waals surface area contributed by atoms with Gasteiger partial charge in [0.25, 0.3) is 5.91 Å². The Morgan fingerprint density at radius 1 is 1.29 bits per heavy atom. The Bertz CT molecular complexity index is 956. The molecule has 1 N–H and O–H groups in total. The number of benzene rings is 1. The zero-order valence-electron chi connectivity index (χ0n) is 16.7. The zero-order chi connectivity index (χ0) is 20.5. The summed E-state index contributed by atoms with van der Waals surface area (Å²) in [6.07, 6.45) is 2.33. The average Bonchev–Trinajstić information content (AvgIpc) is 2.89. The molecule has 0 spiro atoms. The Balaban J connectivity index is 2.03. The number of urea groups is 1. The molecule has 1 aromatic carbocycles. The third kappa shape index (κ3) is 3.32. The molecule has 3 rings (SSSR count). The largest absolute Gasteiger partial charge is 0.465 e. The van der Waals surface area contributed by atoms with Gasteiger partial charge in [0.05, 0.1) is 30.4 Å². The summed E-state index contributed by atoms with van der Waals surface area (Å²) in [7, 11) is 1.30. The number of nitrogens with one attached hydrogen (secondary N) is 1. The number of carbonyl (C=O) groups is 3. The third-order valence-corrected chi connectivity index (χ3v) is 5.30. The quantitative estimate of drug-likeness (QED) is 0.610. The van der Waals surface area contributed by atoms with Crippen molar-refractivity contribution in [2.75, 3.05) is 7.11 Å². The van der Waals surface area contributed by atoms with Gasteiger partial charge >= 0.3 is 12.0 Å². The number of esters is 1. The number of ether oxygens (including phenoxy) is 1. The fourth-order valence-electron chi connectivity index (χ4n) is 3.67.